The molecular formula is C53H31N5O. The summed E-state index contributed by atoms with van der Waals surface area (Å²) in [6, 6.07) is 66.7. The molecule has 59 heavy (non-hydrogen) atoms. The summed E-state index contributed by atoms with van der Waals surface area (Å²) in [4.78, 5) is 15.6. The monoisotopic (exact) mass is 753 g/mol. The minimum atomic E-state index is 0.445. The van der Waals surface area contributed by atoms with Crippen LogP contribution in [0.25, 0.3) is 101 Å². The Balaban J connectivity index is 1.29. The van der Waals surface area contributed by atoms with Crippen molar-refractivity contribution in [3.05, 3.63) is 199 Å². The molecule has 10 aromatic rings. The smallest absolute Gasteiger partial charge is 0.168 e. The van der Waals surface area contributed by atoms with E-state index >= 15 is 0 Å². The molecule has 0 radical (unpaired) electrons. The number of fused-ring (bicyclic) bond motifs is 3. The third kappa shape index (κ3) is 6.47. The molecule has 0 aliphatic carbocycles. The Kier molecular flexibility index (Phi) is 8.84. The van der Waals surface area contributed by atoms with Crippen LogP contribution >= 0.6 is 0 Å². The zero-order valence-electron chi connectivity index (χ0n) is 31.5. The molecule has 2 aromatic heterocycles. The number of benzene rings is 8. The predicted molar refractivity (Wildman–Crippen MR) is 235 cm³/mol. The standard InChI is InChI=1S/C53H31N5O/c54-32-38-18-7-9-22-43(38)40-29-41(44-23-10-8-19-39(44)33-55)31-42(30-40)45-26-27-47-46-24-11-12-25-48(46)59-50(47)49(45)53-57-51(35-16-5-2-6-17-35)56-52(58-53)37-21-13-20-36(28-37)34-14-3-1-4-15-34/h1-31H. The minimum absolute atomic E-state index is 0.445. The van der Waals surface area contributed by atoms with Gasteiger partial charge in [-0.15, -0.1) is 0 Å². The summed E-state index contributed by atoms with van der Waals surface area (Å²) in [5.41, 5.74) is 11.9. The number of aromatic nitrogens is 3. The van der Waals surface area contributed by atoms with Gasteiger partial charge < -0.3 is 4.42 Å². The van der Waals surface area contributed by atoms with Gasteiger partial charge in [0.2, 0.25) is 0 Å². The lowest BCUT2D eigenvalue weighted by Gasteiger charge is -2.16. The SMILES string of the molecule is N#Cc1ccccc1-c1cc(-c2ccccc2C#N)cc(-c2ccc3c(oc4ccccc43)c2-c2nc(-c3ccccc3)nc(-c3cccc(-c4ccccc4)c3)n2)c1. The van der Waals surface area contributed by atoms with Crippen LogP contribution in [0.15, 0.2) is 192 Å². The number of nitriles is 2. The molecule has 6 heteroatoms. The van der Waals surface area contributed by atoms with Gasteiger partial charge in [-0.25, -0.2) is 15.0 Å². The van der Waals surface area contributed by atoms with Gasteiger partial charge in [-0.3, -0.25) is 0 Å². The highest BCUT2D eigenvalue weighted by molar-refractivity contribution is 6.12. The van der Waals surface area contributed by atoms with Crippen molar-refractivity contribution in [1.82, 2.24) is 15.0 Å². The first-order valence-corrected chi connectivity index (χ1v) is 19.2. The van der Waals surface area contributed by atoms with Gasteiger partial charge >= 0.3 is 0 Å². The summed E-state index contributed by atoms with van der Waals surface area (Å²) >= 11 is 0. The Morgan fingerprint density at radius 3 is 1.51 bits per heavy atom. The van der Waals surface area contributed by atoms with Crippen molar-refractivity contribution in [3.63, 3.8) is 0 Å². The van der Waals surface area contributed by atoms with Crippen molar-refractivity contribution in [2.24, 2.45) is 0 Å². The molecule has 0 spiro atoms. The molecular weight excluding hydrogens is 723 g/mol. The number of para-hydroxylation sites is 1. The van der Waals surface area contributed by atoms with Crippen LogP contribution in [-0.2, 0) is 0 Å². The van der Waals surface area contributed by atoms with Crippen LogP contribution in [0.2, 0.25) is 0 Å². The summed E-state index contributed by atoms with van der Waals surface area (Å²) in [7, 11) is 0. The second kappa shape index (κ2) is 14.9. The quantitative estimate of drug-likeness (QED) is 0.161. The van der Waals surface area contributed by atoms with Gasteiger partial charge in [0.1, 0.15) is 11.2 Å². The Morgan fingerprint density at radius 2 is 0.847 bits per heavy atom. The largest absolute Gasteiger partial charge is 0.455 e. The minimum Gasteiger partial charge on any atom is -0.455 e. The van der Waals surface area contributed by atoms with Crippen molar-refractivity contribution in [2.45, 2.75) is 0 Å². The van der Waals surface area contributed by atoms with Crippen molar-refractivity contribution >= 4 is 21.9 Å². The van der Waals surface area contributed by atoms with E-state index in [-0.39, 0.29) is 0 Å². The van der Waals surface area contributed by atoms with Gasteiger partial charge in [-0.05, 0) is 93.0 Å². The number of hydrogen-bond acceptors (Lipinski definition) is 6. The molecule has 8 aromatic carbocycles. The molecule has 0 saturated heterocycles. The van der Waals surface area contributed by atoms with E-state index in [1.54, 1.807) is 0 Å². The van der Waals surface area contributed by atoms with E-state index in [2.05, 4.69) is 66.7 Å². The van der Waals surface area contributed by atoms with E-state index < -0.39 is 0 Å². The van der Waals surface area contributed by atoms with Gasteiger partial charge in [-0.2, -0.15) is 10.5 Å². The van der Waals surface area contributed by atoms with E-state index in [9.17, 15) is 10.5 Å². The molecule has 6 nitrogen and oxygen atoms in total. The second-order valence-corrected chi connectivity index (χ2v) is 14.2. The van der Waals surface area contributed by atoms with Crippen LogP contribution in [0.1, 0.15) is 11.1 Å². The maximum absolute atomic E-state index is 10.2. The summed E-state index contributed by atoms with van der Waals surface area (Å²) in [5.74, 6) is 1.49. The lowest BCUT2D eigenvalue weighted by molar-refractivity contribution is 0.669. The Bertz CT molecular complexity index is 3230. The zero-order valence-corrected chi connectivity index (χ0v) is 31.5. The molecule has 0 aliphatic rings. The topological polar surface area (TPSA) is 99.4 Å². The van der Waals surface area contributed by atoms with Crippen LogP contribution < -0.4 is 0 Å². The average molecular weight is 754 g/mol. The molecule has 0 saturated carbocycles. The van der Waals surface area contributed by atoms with E-state index in [0.717, 1.165) is 72.0 Å². The summed E-state index contributed by atoms with van der Waals surface area (Å²) in [5, 5.41) is 22.3. The fraction of sp³-hybridized carbons (Fsp3) is 0. The molecule has 0 amide bonds. The van der Waals surface area contributed by atoms with Crippen LogP contribution in [0.3, 0.4) is 0 Å². The number of nitrogens with zero attached hydrogens (tertiary/aromatic N) is 5. The van der Waals surface area contributed by atoms with Crippen LogP contribution in [0.5, 0.6) is 0 Å². The van der Waals surface area contributed by atoms with Gasteiger partial charge in [0.15, 0.2) is 17.5 Å². The molecule has 0 atom stereocenters. The van der Waals surface area contributed by atoms with Crippen LogP contribution in [0, 0.1) is 22.7 Å². The maximum Gasteiger partial charge on any atom is 0.168 e. The predicted octanol–water partition coefficient (Wildman–Crippen LogP) is 13.2. The van der Waals surface area contributed by atoms with E-state index in [0.29, 0.717) is 39.7 Å². The van der Waals surface area contributed by atoms with Gasteiger partial charge in [0.05, 0.1) is 28.8 Å². The molecule has 0 bridgehead atoms. The van der Waals surface area contributed by atoms with Crippen molar-refractivity contribution in [3.8, 4) is 90.8 Å². The normalized spacial score (nSPS) is 11.0. The van der Waals surface area contributed by atoms with Gasteiger partial charge in [0.25, 0.3) is 0 Å². The van der Waals surface area contributed by atoms with E-state index in [1.807, 2.05) is 133 Å². The number of furan rings is 1. The van der Waals surface area contributed by atoms with Gasteiger partial charge in [0, 0.05) is 21.9 Å². The second-order valence-electron chi connectivity index (χ2n) is 14.2. The van der Waals surface area contributed by atoms with Crippen LogP contribution in [0.4, 0.5) is 0 Å². The molecule has 274 valence electrons. The highest BCUT2D eigenvalue weighted by atomic mass is 16.3. The lowest BCUT2D eigenvalue weighted by Crippen LogP contribution is -2.02. The molecule has 2 heterocycles. The van der Waals surface area contributed by atoms with E-state index in [4.69, 9.17) is 19.4 Å². The summed E-state index contributed by atoms with van der Waals surface area (Å²) < 4.78 is 6.78. The Labute approximate surface area is 340 Å². The summed E-state index contributed by atoms with van der Waals surface area (Å²) in [6.45, 7) is 0. The zero-order chi connectivity index (χ0) is 39.7. The summed E-state index contributed by atoms with van der Waals surface area (Å²) in [6.07, 6.45) is 0. The molecule has 0 aliphatic heterocycles. The Hall–Kier alpha value is -8.45. The fourth-order valence-corrected chi connectivity index (χ4v) is 7.81. The highest BCUT2D eigenvalue weighted by Crippen LogP contribution is 2.44. The number of rotatable bonds is 7. The molecule has 0 fully saturated rings. The molecule has 0 unspecified atom stereocenters. The first-order chi connectivity index (χ1) is 29.1. The first kappa shape index (κ1) is 35.0. The third-order valence-electron chi connectivity index (χ3n) is 10.6. The Morgan fingerprint density at radius 1 is 0.356 bits per heavy atom. The van der Waals surface area contributed by atoms with Crippen molar-refractivity contribution in [2.75, 3.05) is 0 Å². The highest BCUT2D eigenvalue weighted by Gasteiger charge is 2.23. The maximum atomic E-state index is 10.2. The van der Waals surface area contributed by atoms with Crippen LogP contribution in [-0.4, -0.2) is 15.0 Å². The first-order valence-electron chi connectivity index (χ1n) is 19.2. The van der Waals surface area contributed by atoms with Gasteiger partial charge in [-0.1, -0.05) is 140 Å². The van der Waals surface area contributed by atoms with E-state index in [1.165, 1.54) is 0 Å². The van der Waals surface area contributed by atoms with Crippen molar-refractivity contribution < 1.29 is 4.42 Å². The molecule has 0 N–H and O–H groups in total. The lowest BCUT2D eigenvalue weighted by atomic mass is 9.88. The fourth-order valence-electron chi connectivity index (χ4n) is 7.81. The molecule has 10 rings (SSSR count). The third-order valence-corrected chi connectivity index (χ3v) is 10.6. The van der Waals surface area contributed by atoms with Crippen molar-refractivity contribution in [1.29, 1.82) is 10.5 Å². The number of hydrogen-bond donors (Lipinski definition) is 0. The average Bonchev–Trinajstić information content (AvgIpc) is 3.70.